The summed E-state index contributed by atoms with van der Waals surface area (Å²) in [6.07, 6.45) is -12.8. The summed E-state index contributed by atoms with van der Waals surface area (Å²) in [4.78, 5) is 0. The molecular weight excluding hydrogens is 290 g/mol. The lowest BCUT2D eigenvalue weighted by Gasteiger charge is -2.19. The van der Waals surface area contributed by atoms with E-state index in [9.17, 15) is 35.1 Å². The highest BCUT2D eigenvalue weighted by molar-refractivity contribution is 5.33. The Morgan fingerprint density at radius 2 is 1.58 bits per heavy atom. The van der Waals surface area contributed by atoms with Crippen molar-refractivity contribution in [2.75, 3.05) is 0 Å². The van der Waals surface area contributed by atoms with Gasteiger partial charge in [-0.05, 0) is 0 Å². The maximum atomic E-state index is 12.9. The van der Waals surface area contributed by atoms with Gasteiger partial charge in [0.2, 0.25) is 0 Å². The summed E-state index contributed by atoms with van der Waals surface area (Å²) in [6, 6.07) is 1.20. The van der Waals surface area contributed by atoms with E-state index in [0.29, 0.717) is 0 Å². The zero-order chi connectivity index (χ0) is 15.1. The van der Waals surface area contributed by atoms with Crippen molar-refractivity contribution < 1.29 is 35.1 Å². The second-order valence-electron chi connectivity index (χ2n) is 3.33. The van der Waals surface area contributed by atoms with E-state index in [1.165, 1.54) is 11.2 Å². The summed E-state index contributed by atoms with van der Waals surface area (Å²) in [7, 11) is 0. The molecule has 3 nitrogen and oxygen atoms in total. The number of nitrogens with one attached hydrogen (secondary N) is 1. The first-order chi connectivity index (χ1) is 8.43. The fraction of sp³-hybridized carbons (Fsp3) is 0.500. The molecule has 0 atom stereocenters. The van der Waals surface area contributed by atoms with Crippen molar-refractivity contribution in [3.63, 3.8) is 0 Å². The predicted molar refractivity (Wildman–Crippen MR) is 42.9 cm³/mol. The van der Waals surface area contributed by atoms with Crippen molar-refractivity contribution in [3.05, 3.63) is 17.0 Å². The van der Waals surface area contributed by atoms with Gasteiger partial charge in [0.15, 0.2) is 5.69 Å². The number of aromatic amines is 1. The van der Waals surface area contributed by atoms with E-state index in [1.807, 2.05) is 0 Å². The maximum Gasteiger partial charge on any atom is 0.459 e. The second kappa shape index (κ2) is 4.36. The molecule has 0 aliphatic heterocycles. The van der Waals surface area contributed by atoms with Gasteiger partial charge in [-0.3, -0.25) is 5.10 Å². The molecule has 1 rings (SSSR count). The molecule has 1 heterocycles. The van der Waals surface area contributed by atoms with Crippen LogP contribution in [-0.4, -0.2) is 16.4 Å². The molecule has 0 aliphatic rings. The molecule has 11 heteroatoms. The Balaban J connectivity index is 3.51. The van der Waals surface area contributed by atoms with E-state index < -0.39 is 41.6 Å². The van der Waals surface area contributed by atoms with Gasteiger partial charge in [0.05, 0.1) is 18.2 Å². The molecule has 0 saturated carbocycles. The van der Waals surface area contributed by atoms with Crippen LogP contribution in [0.5, 0.6) is 0 Å². The first-order valence-electron chi connectivity index (χ1n) is 4.39. The lowest BCUT2D eigenvalue weighted by molar-refractivity contribution is -0.292. The molecule has 0 amide bonds. The highest BCUT2D eigenvalue weighted by Crippen LogP contribution is 2.48. The van der Waals surface area contributed by atoms with Gasteiger partial charge in [-0.2, -0.15) is 45.5 Å². The van der Waals surface area contributed by atoms with E-state index in [4.69, 9.17) is 5.26 Å². The van der Waals surface area contributed by atoms with Crippen LogP contribution in [0.3, 0.4) is 0 Å². The van der Waals surface area contributed by atoms with Crippen molar-refractivity contribution in [1.82, 2.24) is 10.2 Å². The van der Waals surface area contributed by atoms with Gasteiger partial charge in [0, 0.05) is 0 Å². The molecule has 19 heavy (non-hydrogen) atoms. The van der Waals surface area contributed by atoms with E-state index in [1.54, 1.807) is 0 Å². The summed E-state index contributed by atoms with van der Waals surface area (Å²) in [5.74, 6) is -5.78. The molecular formula is C8H3F8N3. The molecule has 0 radical (unpaired) electrons. The van der Waals surface area contributed by atoms with Crippen molar-refractivity contribution in [3.8, 4) is 6.07 Å². The Morgan fingerprint density at radius 1 is 1.05 bits per heavy atom. The number of hydrogen-bond donors (Lipinski definition) is 1. The van der Waals surface area contributed by atoms with Gasteiger partial charge >= 0.3 is 18.3 Å². The van der Waals surface area contributed by atoms with Crippen LogP contribution in [0.4, 0.5) is 35.1 Å². The first kappa shape index (κ1) is 15.2. The SMILES string of the molecule is N#CCc1[nH]nc(C(F)(F)C(F)(F)F)c1C(F)(F)F. The molecule has 0 spiro atoms. The predicted octanol–water partition coefficient (Wildman–Crippen LogP) is 3.15. The molecule has 0 unspecified atom stereocenters. The van der Waals surface area contributed by atoms with Gasteiger partial charge in [-0.25, -0.2) is 0 Å². The van der Waals surface area contributed by atoms with Gasteiger partial charge < -0.3 is 0 Å². The van der Waals surface area contributed by atoms with Gasteiger partial charge in [-0.15, -0.1) is 0 Å². The van der Waals surface area contributed by atoms with Crippen molar-refractivity contribution >= 4 is 0 Å². The third-order valence-electron chi connectivity index (χ3n) is 2.03. The first-order valence-corrected chi connectivity index (χ1v) is 4.39. The Morgan fingerprint density at radius 3 is 1.95 bits per heavy atom. The molecule has 0 bridgehead atoms. The fourth-order valence-electron chi connectivity index (χ4n) is 1.25. The number of halogens is 8. The lowest BCUT2D eigenvalue weighted by atomic mass is 10.1. The number of H-pyrrole nitrogens is 1. The Hall–Kier alpha value is -1.86. The van der Waals surface area contributed by atoms with Crippen LogP contribution in [0.15, 0.2) is 0 Å². The number of rotatable bonds is 2. The van der Waals surface area contributed by atoms with E-state index in [2.05, 4.69) is 5.10 Å². The largest absolute Gasteiger partial charge is 0.459 e. The van der Waals surface area contributed by atoms with Crippen molar-refractivity contribution in [1.29, 1.82) is 5.26 Å². The summed E-state index contributed by atoms with van der Waals surface area (Å²) in [5.41, 5.74) is -5.90. The van der Waals surface area contributed by atoms with Crippen LogP contribution < -0.4 is 0 Å². The molecule has 0 aliphatic carbocycles. The zero-order valence-corrected chi connectivity index (χ0v) is 8.63. The zero-order valence-electron chi connectivity index (χ0n) is 8.63. The Kier molecular flexibility index (Phi) is 3.49. The van der Waals surface area contributed by atoms with Crippen molar-refractivity contribution in [2.45, 2.75) is 24.7 Å². The average molecular weight is 293 g/mol. The molecule has 106 valence electrons. The maximum absolute atomic E-state index is 12.9. The van der Waals surface area contributed by atoms with Crippen molar-refractivity contribution in [2.24, 2.45) is 0 Å². The van der Waals surface area contributed by atoms with Crippen LogP contribution in [0.1, 0.15) is 17.0 Å². The van der Waals surface area contributed by atoms with Crippen LogP contribution in [-0.2, 0) is 18.5 Å². The van der Waals surface area contributed by atoms with Crippen LogP contribution >= 0.6 is 0 Å². The number of nitrogens with zero attached hydrogens (tertiary/aromatic N) is 2. The van der Waals surface area contributed by atoms with Gasteiger partial charge in [0.1, 0.15) is 5.56 Å². The summed E-state index contributed by atoms with van der Waals surface area (Å²) < 4.78 is 99.5. The smallest absolute Gasteiger partial charge is 0.280 e. The quantitative estimate of drug-likeness (QED) is 0.852. The third kappa shape index (κ3) is 2.61. The number of nitriles is 1. The standard InChI is InChI=1S/C8H3F8N3/c9-6(10,8(14,15)16)5-4(7(11,12)13)3(1-2-17)18-19-5/h1H2,(H,18,19). The molecule has 0 aromatic carbocycles. The summed E-state index contributed by atoms with van der Waals surface area (Å²) in [5, 5.41) is 12.0. The van der Waals surface area contributed by atoms with E-state index in [-0.39, 0.29) is 0 Å². The average Bonchev–Trinajstić information content (AvgIpc) is 2.60. The summed E-state index contributed by atoms with van der Waals surface area (Å²) in [6.45, 7) is 0. The minimum Gasteiger partial charge on any atom is -0.280 e. The van der Waals surface area contributed by atoms with E-state index in [0.717, 1.165) is 0 Å². The number of alkyl halides is 8. The topological polar surface area (TPSA) is 52.5 Å². The highest BCUT2D eigenvalue weighted by atomic mass is 19.4. The third-order valence-corrected chi connectivity index (χ3v) is 2.03. The minimum atomic E-state index is -6.23. The Labute approximate surface area is 99.4 Å². The molecule has 1 aromatic heterocycles. The molecule has 1 N–H and O–H groups in total. The van der Waals surface area contributed by atoms with Gasteiger partial charge in [0.25, 0.3) is 0 Å². The fourth-order valence-corrected chi connectivity index (χ4v) is 1.25. The Bertz CT molecular complexity index is 504. The molecule has 1 aromatic rings. The summed E-state index contributed by atoms with van der Waals surface area (Å²) >= 11 is 0. The monoisotopic (exact) mass is 293 g/mol. The highest BCUT2D eigenvalue weighted by Gasteiger charge is 2.63. The van der Waals surface area contributed by atoms with Crippen LogP contribution in [0, 0.1) is 11.3 Å². The molecule has 0 fully saturated rings. The molecule has 0 saturated heterocycles. The lowest BCUT2D eigenvalue weighted by Crippen LogP contribution is -2.36. The minimum absolute atomic E-state index is 1.03. The van der Waals surface area contributed by atoms with Gasteiger partial charge in [-0.1, -0.05) is 0 Å². The number of hydrogen-bond acceptors (Lipinski definition) is 2. The normalized spacial score (nSPS) is 13.4. The second-order valence-corrected chi connectivity index (χ2v) is 3.33. The van der Waals surface area contributed by atoms with Crippen LogP contribution in [0.25, 0.3) is 0 Å². The van der Waals surface area contributed by atoms with Crippen LogP contribution in [0.2, 0.25) is 0 Å². The van der Waals surface area contributed by atoms with E-state index >= 15 is 0 Å². The number of aromatic nitrogens is 2.